The molecule has 2 nitrogen and oxygen atoms in total. The van der Waals surface area contributed by atoms with Gasteiger partial charge in [0, 0.05) is 0 Å². The summed E-state index contributed by atoms with van der Waals surface area (Å²) < 4.78 is 5.83. The summed E-state index contributed by atoms with van der Waals surface area (Å²) in [7, 11) is 0. The minimum Gasteiger partial charge on any atom is -0.386 e. The number of hydrogen-bond donors (Lipinski definition) is 1. The Labute approximate surface area is 91.3 Å². The van der Waals surface area contributed by atoms with Crippen LogP contribution >= 0.6 is 0 Å². The maximum Gasteiger partial charge on any atom is 0.117 e. The van der Waals surface area contributed by atoms with Gasteiger partial charge in [-0.15, -0.1) is 6.58 Å². The summed E-state index contributed by atoms with van der Waals surface area (Å²) in [4.78, 5) is 0. The van der Waals surface area contributed by atoms with Gasteiger partial charge in [0.05, 0.1) is 5.60 Å². The molecule has 0 amide bonds. The first-order valence-corrected chi connectivity index (χ1v) is 5.88. The van der Waals surface area contributed by atoms with Gasteiger partial charge in [-0.1, -0.05) is 19.9 Å². The Balaban J connectivity index is 2.01. The van der Waals surface area contributed by atoms with Crippen LogP contribution in [0.25, 0.3) is 0 Å². The van der Waals surface area contributed by atoms with Gasteiger partial charge in [-0.2, -0.15) is 0 Å². The van der Waals surface area contributed by atoms with E-state index < -0.39 is 5.60 Å². The first kappa shape index (κ1) is 9.86. The molecule has 15 heavy (non-hydrogen) atoms. The molecule has 0 aromatic rings. The van der Waals surface area contributed by atoms with Crippen LogP contribution in [0.2, 0.25) is 0 Å². The van der Waals surface area contributed by atoms with Gasteiger partial charge in [-0.3, -0.25) is 0 Å². The predicted octanol–water partition coefficient (Wildman–Crippen LogP) is 2.13. The zero-order valence-corrected chi connectivity index (χ0v) is 9.79. The van der Waals surface area contributed by atoms with E-state index in [1.165, 1.54) is 0 Å². The van der Waals surface area contributed by atoms with Crippen molar-refractivity contribution in [3.8, 4) is 0 Å². The first-order chi connectivity index (χ1) is 6.87. The van der Waals surface area contributed by atoms with Crippen molar-refractivity contribution < 1.29 is 9.84 Å². The summed E-state index contributed by atoms with van der Waals surface area (Å²) in [6.07, 6.45) is 3.66. The molecule has 0 aromatic carbocycles. The minimum atomic E-state index is -0.658. The molecule has 3 aliphatic carbocycles. The van der Waals surface area contributed by atoms with Gasteiger partial charge in [0.2, 0.25) is 0 Å². The standard InChI is InChI=1S/C13H20O2/c1-5-6-13(14)9-7-8(11(9,2)3)12(4)10(13)15-12/h5,8-10,14H,1,6-7H2,2-4H3/t8-,9+,10-,12-,13-/m1/s1. The lowest BCUT2D eigenvalue weighted by Gasteiger charge is -2.63. The number of hydrogen-bond acceptors (Lipinski definition) is 2. The summed E-state index contributed by atoms with van der Waals surface area (Å²) >= 11 is 0. The molecule has 1 saturated heterocycles. The molecule has 2 bridgehead atoms. The molecule has 0 radical (unpaired) electrons. The van der Waals surface area contributed by atoms with E-state index in [9.17, 15) is 5.11 Å². The second kappa shape index (κ2) is 2.33. The van der Waals surface area contributed by atoms with E-state index in [0.29, 0.717) is 18.3 Å². The van der Waals surface area contributed by atoms with Gasteiger partial charge < -0.3 is 9.84 Å². The molecule has 0 spiro atoms. The van der Waals surface area contributed by atoms with Crippen molar-refractivity contribution in [2.45, 2.75) is 50.9 Å². The van der Waals surface area contributed by atoms with Crippen LogP contribution in [-0.2, 0) is 4.74 Å². The molecular weight excluding hydrogens is 188 g/mol. The zero-order chi connectivity index (χ0) is 11.1. The number of ether oxygens (including phenoxy) is 1. The van der Waals surface area contributed by atoms with Crippen LogP contribution in [-0.4, -0.2) is 22.4 Å². The monoisotopic (exact) mass is 208 g/mol. The lowest BCUT2D eigenvalue weighted by atomic mass is 9.41. The molecule has 4 rings (SSSR count). The molecule has 4 aliphatic rings. The number of rotatable bonds is 2. The van der Waals surface area contributed by atoms with Gasteiger partial charge in [0.1, 0.15) is 11.7 Å². The fraction of sp³-hybridized carbons (Fsp3) is 0.846. The van der Waals surface area contributed by atoms with Crippen molar-refractivity contribution in [2.24, 2.45) is 17.3 Å². The minimum absolute atomic E-state index is 0.0553. The summed E-state index contributed by atoms with van der Waals surface area (Å²) in [5.74, 6) is 1.01. The average molecular weight is 208 g/mol. The van der Waals surface area contributed by atoms with Gasteiger partial charge >= 0.3 is 0 Å². The third kappa shape index (κ3) is 0.853. The lowest BCUT2D eigenvalue weighted by Crippen LogP contribution is -2.68. The fourth-order valence-electron chi connectivity index (χ4n) is 4.49. The van der Waals surface area contributed by atoms with E-state index >= 15 is 0 Å². The Hall–Kier alpha value is -0.340. The molecule has 1 N–H and O–H groups in total. The second-order valence-corrected chi connectivity index (χ2v) is 6.33. The molecule has 4 fully saturated rings. The highest BCUT2D eigenvalue weighted by molar-refractivity contribution is 5.30. The smallest absolute Gasteiger partial charge is 0.117 e. The zero-order valence-electron chi connectivity index (χ0n) is 9.79. The molecule has 1 heterocycles. The Morgan fingerprint density at radius 2 is 2.07 bits per heavy atom. The predicted molar refractivity (Wildman–Crippen MR) is 58.4 cm³/mol. The third-order valence-corrected chi connectivity index (χ3v) is 5.32. The van der Waals surface area contributed by atoms with E-state index in [-0.39, 0.29) is 17.1 Å². The lowest BCUT2D eigenvalue weighted by molar-refractivity contribution is -0.195. The third-order valence-electron chi connectivity index (χ3n) is 5.32. The molecule has 1 aliphatic heterocycles. The molecule has 3 saturated carbocycles. The van der Waals surface area contributed by atoms with Crippen LogP contribution in [0.5, 0.6) is 0 Å². The molecule has 0 aromatic heterocycles. The second-order valence-electron chi connectivity index (χ2n) is 6.33. The van der Waals surface area contributed by atoms with Crippen molar-refractivity contribution in [3.05, 3.63) is 12.7 Å². The summed E-state index contributed by atoms with van der Waals surface area (Å²) in [6, 6.07) is 0. The normalized spacial score (nSPS) is 59.1. The van der Waals surface area contributed by atoms with Gasteiger partial charge in [-0.05, 0) is 37.0 Å². The van der Waals surface area contributed by atoms with E-state index in [0.717, 1.165) is 6.42 Å². The highest BCUT2D eigenvalue weighted by Gasteiger charge is 2.81. The average Bonchev–Trinajstić information content (AvgIpc) is 2.78. The number of epoxide rings is 1. The fourth-order valence-corrected chi connectivity index (χ4v) is 4.49. The quantitative estimate of drug-likeness (QED) is 0.557. The molecule has 0 unspecified atom stereocenters. The van der Waals surface area contributed by atoms with Crippen LogP contribution in [0.15, 0.2) is 12.7 Å². The summed E-state index contributed by atoms with van der Waals surface area (Å²) in [6.45, 7) is 10.5. The van der Waals surface area contributed by atoms with Crippen LogP contribution < -0.4 is 0 Å². The van der Waals surface area contributed by atoms with Crippen LogP contribution in [0.4, 0.5) is 0 Å². The van der Waals surface area contributed by atoms with Gasteiger partial charge in [-0.25, -0.2) is 0 Å². The van der Waals surface area contributed by atoms with E-state index in [2.05, 4.69) is 27.4 Å². The van der Waals surface area contributed by atoms with Gasteiger partial charge in [0.25, 0.3) is 0 Å². The van der Waals surface area contributed by atoms with Crippen LogP contribution in [0, 0.1) is 17.3 Å². The summed E-state index contributed by atoms with van der Waals surface area (Å²) in [5.41, 5.74) is -0.496. The molecule has 84 valence electrons. The van der Waals surface area contributed by atoms with Crippen LogP contribution in [0.1, 0.15) is 33.6 Å². The topological polar surface area (TPSA) is 32.8 Å². The SMILES string of the molecule is C=CC[C@@]1(O)[C@H]2C[C@H](C2(C)C)[C@@]2(C)O[C@@H]12. The van der Waals surface area contributed by atoms with Gasteiger partial charge in [0.15, 0.2) is 0 Å². The van der Waals surface area contributed by atoms with Crippen LogP contribution in [0.3, 0.4) is 0 Å². The largest absolute Gasteiger partial charge is 0.386 e. The van der Waals surface area contributed by atoms with E-state index in [1.54, 1.807) is 0 Å². The van der Waals surface area contributed by atoms with E-state index in [4.69, 9.17) is 4.74 Å². The van der Waals surface area contributed by atoms with Crippen molar-refractivity contribution in [1.29, 1.82) is 0 Å². The molecule has 5 atom stereocenters. The van der Waals surface area contributed by atoms with Crippen molar-refractivity contribution in [2.75, 3.05) is 0 Å². The Morgan fingerprint density at radius 3 is 2.60 bits per heavy atom. The first-order valence-electron chi connectivity index (χ1n) is 5.88. The molecular formula is C13H20O2. The maximum absolute atomic E-state index is 10.8. The van der Waals surface area contributed by atoms with Crippen molar-refractivity contribution in [3.63, 3.8) is 0 Å². The Kier molecular flexibility index (Phi) is 1.53. The highest BCUT2D eigenvalue weighted by Crippen LogP contribution is 2.74. The highest BCUT2D eigenvalue weighted by atomic mass is 16.6. The van der Waals surface area contributed by atoms with Crippen molar-refractivity contribution in [1.82, 2.24) is 0 Å². The summed E-state index contributed by atoms with van der Waals surface area (Å²) in [5, 5.41) is 10.8. The number of aliphatic hydroxyl groups is 1. The molecule has 2 heteroatoms. The van der Waals surface area contributed by atoms with E-state index in [1.807, 2.05) is 6.08 Å². The van der Waals surface area contributed by atoms with Crippen molar-refractivity contribution >= 4 is 0 Å². The Bertz CT molecular complexity index is 331. The maximum atomic E-state index is 10.8. The Morgan fingerprint density at radius 1 is 1.40 bits per heavy atom.